The van der Waals surface area contributed by atoms with E-state index >= 15 is 0 Å². The highest BCUT2D eigenvalue weighted by atomic mass is 14.4. The Balaban J connectivity index is 1.92. The molecule has 2 rings (SSSR count). The molecule has 0 heteroatoms. The molecule has 0 aromatic heterocycles. The molecule has 0 aromatic rings. The second-order valence-corrected chi connectivity index (χ2v) is 4.03. The molecule has 0 N–H and O–H groups in total. The van der Waals surface area contributed by atoms with Crippen molar-refractivity contribution in [3.05, 3.63) is 0 Å². The fourth-order valence-electron chi connectivity index (χ4n) is 2.32. The standard InChI is InChI=1S/C9H16/c1-7-3-2-4-8-6-9(8)5-7/h7-9H,2-6H2,1H3. The van der Waals surface area contributed by atoms with Crippen LogP contribution in [0.15, 0.2) is 0 Å². The minimum atomic E-state index is 1.04. The molecule has 0 amide bonds. The predicted molar refractivity (Wildman–Crippen MR) is 39.2 cm³/mol. The Labute approximate surface area is 57.6 Å². The first-order valence-corrected chi connectivity index (χ1v) is 4.36. The second kappa shape index (κ2) is 2.00. The molecule has 0 aliphatic heterocycles. The first-order chi connectivity index (χ1) is 4.36. The summed E-state index contributed by atoms with van der Waals surface area (Å²) in [6.45, 7) is 2.42. The van der Waals surface area contributed by atoms with Gasteiger partial charge >= 0.3 is 0 Å². The molecule has 0 saturated heterocycles. The van der Waals surface area contributed by atoms with Crippen LogP contribution in [0.5, 0.6) is 0 Å². The average molecular weight is 124 g/mol. The zero-order valence-electron chi connectivity index (χ0n) is 6.27. The second-order valence-electron chi connectivity index (χ2n) is 4.03. The fraction of sp³-hybridized carbons (Fsp3) is 1.00. The van der Waals surface area contributed by atoms with Gasteiger partial charge in [-0.1, -0.05) is 26.2 Å². The summed E-state index contributed by atoms with van der Waals surface area (Å²) >= 11 is 0. The van der Waals surface area contributed by atoms with Crippen LogP contribution in [-0.4, -0.2) is 0 Å². The highest BCUT2D eigenvalue weighted by Gasteiger charge is 2.38. The van der Waals surface area contributed by atoms with Crippen molar-refractivity contribution < 1.29 is 0 Å². The quantitative estimate of drug-likeness (QED) is 0.466. The summed E-state index contributed by atoms with van der Waals surface area (Å²) in [5.41, 5.74) is 0. The van der Waals surface area contributed by atoms with Gasteiger partial charge in [-0.2, -0.15) is 0 Å². The Morgan fingerprint density at radius 2 is 1.89 bits per heavy atom. The van der Waals surface area contributed by atoms with Gasteiger partial charge in [0.1, 0.15) is 0 Å². The van der Waals surface area contributed by atoms with Crippen LogP contribution in [-0.2, 0) is 0 Å². The summed E-state index contributed by atoms with van der Waals surface area (Å²) in [6.07, 6.45) is 7.69. The lowest BCUT2D eigenvalue weighted by Gasteiger charge is -2.05. The Morgan fingerprint density at radius 3 is 2.78 bits per heavy atom. The average Bonchev–Trinajstić information content (AvgIpc) is 2.43. The van der Waals surface area contributed by atoms with Crippen molar-refractivity contribution >= 4 is 0 Å². The molecule has 3 unspecified atom stereocenters. The number of rotatable bonds is 0. The van der Waals surface area contributed by atoms with Gasteiger partial charge in [0, 0.05) is 0 Å². The lowest BCUT2D eigenvalue weighted by atomic mass is 10.0. The topological polar surface area (TPSA) is 0 Å². The van der Waals surface area contributed by atoms with Gasteiger partial charge < -0.3 is 0 Å². The molecule has 2 saturated carbocycles. The van der Waals surface area contributed by atoms with Crippen LogP contribution in [0.4, 0.5) is 0 Å². The molecule has 2 fully saturated rings. The monoisotopic (exact) mass is 124 g/mol. The normalized spacial score (nSPS) is 49.7. The summed E-state index contributed by atoms with van der Waals surface area (Å²) in [5.74, 6) is 3.39. The molecule has 2 aliphatic carbocycles. The highest BCUT2D eigenvalue weighted by Crippen LogP contribution is 2.49. The Morgan fingerprint density at radius 1 is 1.00 bits per heavy atom. The van der Waals surface area contributed by atoms with Crippen LogP contribution in [0.1, 0.15) is 39.0 Å². The van der Waals surface area contributed by atoms with E-state index in [2.05, 4.69) is 6.92 Å². The van der Waals surface area contributed by atoms with Gasteiger partial charge in [-0.3, -0.25) is 0 Å². The maximum atomic E-state index is 2.42. The minimum absolute atomic E-state index is 1.04. The first kappa shape index (κ1) is 5.76. The molecule has 0 radical (unpaired) electrons. The van der Waals surface area contributed by atoms with Crippen molar-refractivity contribution in [3.8, 4) is 0 Å². The molecule has 2 aliphatic rings. The van der Waals surface area contributed by atoms with Gasteiger partial charge in [0.05, 0.1) is 0 Å². The summed E-state index contributed by atoms with van der Waals surface area (Å²) in [4.78, 5) is 0. The lowest BCUT2D eigenvalue weighted by molar-refractivity contribution is 0.474. The maximum Gasteiger partial charge on any atom is -0.0380 e. The zero-order valence-corrected chi connectivity index (χ0v) is 6.27. The van der Waals surface area contributed by atoms with Crippen molar-refractivity contribution in [1.29, 1.82) is 0 Å². The molecule has 0 bridgehead atoms. The lowest BCUT2D eigenvalue weighted by Crippen LogP contribution is -1.92. The van der Waals surface area contributed by atoms with Crippen molar-refractivity contribution in [1.82, 2.24) is 0 Å². The van der Waals surface area contributed by atoms with Crippen molar-refractivity contribution in [2.45, 2.75) is 39.0 Å². The van der Waals surface area contributed by atoms with Crippen LogP contribution in [0, 0.1) is 17.8 Å². The van der Waals surface area contributed by atoms with E-state index in [1.165, 1.54) is 24.7 Å². The third-order valence-corrected chi connectivity index (χ3v) is 3.05. The van der Waals surface area contributed by atoms with E-state index in [0.717, 1.165) is 5.92 Å². The van der Waals surface area contributed by atoms with Crippen molar-refractivity contribution in [3.63, 3.8) is 0 Å². The van der Waals surface area contributed by atoms with Crippen LogP contribution < -0.4 is 0 Å². The third-order valence-electron chi connectivity index (χ3n) is 3.05. The van der Waals surface area contributed by atoms with Gasteiger partial charge in [0.25, 0.3) is 0 Å². The highest BCUT2D eigenvalue weighted by molar-refractivity contribution is 4.89. The largest absolute Gasteiger partial charge is 0.0625 e. The van der Waals surface area contributed by atoms with E-state index in [0.29, 0.717) is 0 Å². The molecule has 0 aromatic carbocycles. The van der Waals surface area contributed by atoms with E-state index in [9.17, 15) is 0 Å². The van der Waals surface area contributed by atoms with E-state index in [-0.39, 0.29) is 0 Å². The molecule has 0 heterocycles. The minimum Gasteiger partial charge on any atom is -0.0625 e. The zero-order chi connectivity index (χ0) is 6.27. The summed E-state index contributed by atoms with van der Waals surface area (Å²) in [5, 5.41) is 0. The molecule has 0 spiro atoms. The molecule has 52 valence electrons. The van der Waals surface area contributed by atoms with Crippen LogP contribution in [0.2, 0.25) is 0 Å². The summed E-state index contributed by atoms with van der Waals surface area (Å²) in [7, 11) is 0. The van der Waals surface area contributed by atoms with Gasteiger partial charge in [-0.15, -0.1) is 0 Å². The van der Waals surface area contributed by atoms with Gasteiger partial charge in [0.2, 0.25) is 0 Å². The Kier molecular flexibility index (Phi) is 1.28. The van der Waals surface area contributed by atoms with Gasteiger partial charge in [0.15, 0.2) is 0 Å². The Bertz CT molecular complexity index is 107. The molecular formula is C9H16. The molecule has 0 nitrogen and oxygen atoms in total. The first-order valence-electron chi connectivity index (χ1n) is 4.36. The van der Waals surface area contributed by atoms with Crippen LogP contribution in [0.25, 0.3) is 0 Å². The van der Waals surface area contributed by atoms with E-state index < -0.39 is 0 Å². The third kappa shape index (κ3) is 1.12. The van der Waals surface area contributed by atoms with Crippen LogP contribution >= 0.6 is 0 Å². The van der Waals surface area contributed by atoms with E-state index in [1.54, 1.807) is 19.3 Å². The smallest absolute Gasteiger partial charge is 0.0380 e. The molecule has 9 heavy (non-hydrogen) atoms. The number of fused-ring (bicyclic) bond motifs is 1. The van der Waals surface area contributed by atoms with Gasteiger partial charge in [-0.05, 0) is 30.6 Å². The van der Waals surface area contributed by atoms with Gasteiger partial charge in [-0.25, -0.2) is 0 Å². The van der Waals surface area contributed by atoms with E-state index in [4.69, 9.17) is 0 Å². The fourth-order valence-corrected chi connectivity index (χ4v) is 2.32. The summed E-state index contributed by atoms with van der Waals surface area (Å²) < 4.78 is 0. The van der Waals surface area contributed by atoms with E-state index in [1.807, 2.05) is 0 Å². The number of hydrogen-bond acceptors (Lipinski definition) is 0. The molecule has 3 atom stereocenters. The van der Waals surface area contributed by atoms with Crippen molar-refractivity contribution in [2.24, 2.45) is 17.8 Å². The maximum absolute atomic E-state index is 2.42. The van der Waals surface area contributed by atoms with Crippen molar-refractivity contribution in [2.75, 3.05) is 0 Å². The van der Waals surface area contributed by atoms with Crippen LogP contribution in [0.3, 0.4) is 0 Å². The molecular weight excluding hydrogens is 108 g/mol. The number of hydrogen-bond donors (Lipinski definition) is 0. The SMILES string of the molecule is CC1CCCC2CC2C1. The summed E-state index contributed by atoms with van der Waals surface area (Å²) in [6, 6.07) is 0. The predicted octanol–water partition coefficient (Wildman–Crippen LogP) is 2.83. The Hall–Kier alpha value is 0.